The van der Waals surface area contributed by atoms with Gasteiger partial charge in [0, 0.05) is 11.4 Å². The Bertz CT molecular complexity index is 569. The highest BCUT2D eigenvalue weighted by Gasteiger charge is 2.11. The Morgan fingerprint density at radius 3 is 2.95 bits per heavy atom. The van der Waals surface area contributed by atoms with Crippen molar-refractivity contribution in [2.24, 2.45) is 0 Å². The number of hydrogen-bond acceptors (Lipinski definition) is 4. The highest BCUT2D eigenvalue weighted by molar-refractivity contribution is 6.30. The van der Waals surface area contributed by atoms with Crippen LogP contribution in [-0.2, 0) is 6.42 Å². The minimum atomic E-state index is 0.636. The first-order valence-electron chi connectivity index (χ1n) is 7.24. The van der Waals surface area contributed by atoms with Gasteiger partial charge < -0.3 is 14.5 Å². The van der Waals surface area contributed by atoms with Crippen molar-refractivity contribution in [1.29, 1.82) is 0 Å². The molecule has 0 aliphatic heterocycles. The second-order valence-electron chi connectivity index (χ2n) is 4.82. The first kappa shape index (κ1) is 15.9. The van der Waals surface area contributed by atoms with Gasteiger partial charge in [-0.1, -0.05) is 18.5 Å². The summed E-state index contributed by atoms with van der Waals surface area (Å²) in [5, 5.41) is 4.00. The lowest BCUT2D eigenvalue weighted by Gasteiger charge is -2.05. The maximum absolute atomic E-state index is 5.97. The molecule has 0 bridgehead atoms. The van der Waals surface area contributed by atoms with Crippen LogP contribution in [0.1, 0.15) is 25.7 Å². The first-order chi connectivity index (χ1) is 10.2. The number of rotatable bonds is 8. The Morgan fingerprint density at radius 2 is 2.19 bits per heavy atom. The summed E-state index contributed by atoms with van der Waals surface area (Å²) in [5.74, 6) is 2.15. The van der Waals surface area contributed by atoms with Gasteiger partial charge in [0.05, 0.1) is 18.9 Å². The molecule has 4 nitrogen and oxygen atoms in total. The minimum absolute atomic E-state index is 0.636. The second-order valence-corrected chi connectivity index (χ2v) is 5.25. The average molecular weight is 309 g/mol. The van der Waals surface area contributed by atoms with Gasteiger partial charge in [-0.15, -0.1) is 0 Å². The largest absolute Gasteiger partial charge is 0.496 e. The molecule has 1 aromatic heterocycles. The van der Waals surface area contributed by atoms with Gasteiger partial charge in [0.15, 0.2) is 11.7 Å². The monoisotopic (exact) mass is 308 g/mol. The molecule has 114 valence electrons. The van der Waals surface area contributed by atoms with Gasteiger partial charge in [-0.3, -0.25) is 0 Å². The summed E-state index contributed by atoms with van der Waals surface area (Å²) >= 11 is 5.97. The number of benzene rings is 1. The van der Waals surface area contributed by atoms with Crippen molar-refractivity contribution in [2.45, 2.75) is 26.2 Å². The van der Waals surface area contributed by atoms with Crippen LogP contribution in [0, 0.1) is 0 Å². The molecule has 21 heavy (non-hydrogen) atoms. The second kappa shape index (κ2) is 8.05. The van der Waals surface area contributed by atoms with E-state index in [1.54, 1.807) is 19.4 Å². The number of oxazole rings is 1. The molecule has 1 N–H and O–H groups in total. The molecule has 0 atom stereocenters. The number of nitrogens with zero attached hydrogens (tertiary/aromatic N) is 1. The topological polar surface area (TPSA) is 47.3 Å². The third kappa shape index (κ3) is 4.48. The Kier molecular flexibility index (Phi) is 6.08. The van der Waals surface area contributed by atoms with Crippen LogP contribution in [0.4, 0.5) is 0 Å². The number of methoxy groups -OCH3 is 1. The normalized spacial score (nSPS) is 10.8. The van der Waals surface area contributed by atoms with Crippen molar-refractivity contribution < 1.29 is 9.15 Å². The van der Waals surface area contributed by atoms with E-state index in [4.69, 9.17) is 20.8 Å². The van der Waals surface area contributed by atoms with E-state index >= 15 is 0 Å². The number of hydrogen-bond donors (Lipinski definition) is 1. The van der Waals surface area contributed by atoms with Gasteiger partial charge in [0.2, 0.25) is 0 Å². The van der Waals surface area contributed by atoms with Crippen molar-refractivity contribution in [1.82, 2.24) is 10.3 Å². The molecule has 5 heteroatoms. The van der Waals surface area contributed by atoms with E-state index in [0.29, 0.717) is 16.5 Å². The van der Waals surface area contributed by atoms with Gasteiger partial charge in [0.25, 0.3) is 0 Å². The highest BCUT2D eigenvalue weighted by atomic mass is 35.5. The van der Waals surface area contributed by atoms with E-state index in [-0.39, 0.29) is 0 Å². The summed E-state index contributed by atoms with van der Waals surface area (Å²) in [5.41, 5.74) is 0.866. The Labute approximate surface area is 130 Å². The molecule has 0 unspecified atom stereocenters. The lowest BCUT2D eigenvalue weighted by molar-refractivity contribution is 0.413. The van der Waals surface area contributed by atoms with Crippen molar-refractivity contribution in [3.8, 4) is 17.1 Å². The van der Waals surface area contributed by atoms with Crippen molar-refractivity contribution in [3.63, 3.8) is 0 Å². The van der Waals surface area contributed by atoms with E-state index in [2.05, 4.69) is 17.2 Å². The van der Waals surface area contributed by atoms with Crippen LogP contribution in [-0.4, -0.2) is 25.2 Å². The van der Waals surface area contributed by atoms with E-state index in [1.807, 2.05) is 12.1 Å². The smallest absolute Gasteiger partial charge is 0.194 e. The highest BCUT2D eigenvalue weighted by Crippen LogP contribution is 2.32. The molecule has 0 radical (unpaired) electrons. The van der Waals surface area contributed by atoms with Gasteiger partial charge in [-0.2, -0.15) is 0 Å². The molecule has 1 heterocycles. The summed E-state index contributed by atoms with van der Waals surface area (Å²) in [6, 6.07) is 5.47. The third-order valence-electron chi connectivity index (χ3n) is 3.15. The summed E-state index contributed by atoms with van der Waals surface area (Å²) in [6.45, 7) is 4.20. The summed E-state index contributed by atoms with van der Waals surface area (Å²) in [4.78, 5) is 4.33. The minimum Gasteiger partial charge on any atom is -0.496 e. The average Bonchev–Trinajstić information content (AvgIpc) is 2.95. The van der Waals surface area contributed by atoms with Crippen molar-refractivity contribution >= 4 is 11.6 Å². The Morgan fingerprint density at radius 1 is 1.33 bits per heavy atom. The standard InChI is InChI=1S/C16H21ClN2O2/c1-3-8-18-9-4-5-16-19-11-15(21-16)13-7-6-12(17)10-14(13)20-2/h6-7,10-11,18H,3-5,8-9H2,1-2H3. The molecule has 0 aliphatic rings. The quantitative estimate of drug-likeness (QED) is 0.750. The fourth-order valence-corrected chi connectivity index (χ4v) is 2.25. The Balaban J connectivity index is 1.99. The van der Waals surface area contributed by atoms with E-state index < -0.39 is 0 Å². The molecule has 2 rings (SSSR count). The van der Waals surface area contributed by atoms with Crippen LogP contribution in [0.2, 0.25) is 5.02 Å². The molecule has 1 aromatic carbocycles. The fourth-order valence-electron chi connectivity index (χ4n) is 2.09. The van der Waals surface area contributed by atoms with Gasteiger partial charge >= 0.3 is 0 Å². The molecule has 0 saturated heterocycles. The number of nitrogens with one attached hydrogen (secondary N) is 1. The molecule has 0 fully saturated rings. The van der Waals surface area contributed by atoms with Crippen LogP contribution < -0.4 is 10.1 Å². The predicted octanol–water partition coefficient (Wildman–Crippen LogP) is 3.94. The van der Waals surface area contributed by atoms with E-state index in [0.717, 1.165) is 43.8 Å². The molecule has 0 spiro atoms. The van der Waals surface area contributed by atoms with E-state index in [1.165, 1.54) is 0 Å². The number of ether oxygens (including phenoxy) is 1. The molecule has 0 saturated carbocycles. The molecule has 2 aromatic rings. The Hall–Kier alpha value is -1.52. The van der Waals surface area contributed by atoms with E-state index in [9.17, 15) is 0 Å². The predicted molar refractivity (Wildman–Crippen MR) is 85.0 cm³/mol. The lowest BCUT2D eigenvalue weighted by atomic mass is 10.1. The first-order valence-corrected chi connectivity index (χ1v) is 7.61. The van der Waals surface area contributed by atoms with Gasteiger partial charge in [0.1, 0.15) is 5.75 Å². The SMILES string of the molecule is CCCNCCCc1ncc(-c2ccc(Cl)cc2OC)o1. The summed E-state index contributed by atoms with van der Waals surface area (Å²) < 4.78 is 11.1. The van der Waals surface area contributed by atoms with Crippen LogP contribution in [0.3, 0.4) is 0 Å². The zero-order valence-electron chi connectivity index (χ0n) is 12.5. The van der Waals surface area contributed by atoms with Gasteiger partial charge in [-0.25, -0.2) is 4.98 Å². The third-order valence-corrected chi connectivity index (χ3v) is 3.39. The zero-order valence-corrected chi connectivity index (χ0v) is 13.2. The number of aryl methyl sites for hydroxylation is 1. The molecule has 0 amide bonds. The lowest BCUT2D eigenvalue weighted by Crippen LogP contribution is -2.16. The number of aromatic nitrogens is 1. The molecule has 0 aliphatic carbocycles. The van der Waals surface area contributed by atoms with Crippen LogP contribution in [0.15, 0.2) is 28.8 Å². The zero-order chi connectivity index (χ0) is 15.1. The molecular weight excluding hydrogens is 288 g/mol. The summed E-state index contributed by atoms with van der Waals surface area (Å²) in [6.07, 6.45) is 4.73. The van der Waals surface area contributed by atoms with Crippen molar-refractivity contribution in [3.05, 3.63) is 35.3 Å². The number of halogens is 1. The van der Waals surface area contributed by atoms with Gasteiger partial charge in [-0.05, 0) is 44.1 Å². The maximum atomic E-state index is 5.97. The molecular formula is C16H21ClN2O2. The van der Waals surface area contributed by atoms with Crippen LogP contribution in [0.5, 0.6) is 5.75 Å². The summed E-state index contributed by atoms with van der Waals surface area (Å²) in [7, 11) is 1.62. The van der Waals surface area contributed by atoms with Crippen LogP contribution >= 0.6 is 11.6 Å². The van der Waals surface area contributed by atoms with Crippen molar-refractivity contribution in [2.75, 3.05) is 20.2 Å². The fraction of sp³-hybridized carbons (Fsp3) is 0.438. The maximum Gasteiger partial charge on any atom is 0.194 e. The van der Waals surface area contributed by atoms with Crippen LogP contribution in [0.25, 0.3) is 11.3 Å².